The first kappa shape index (κ1) is 10.4. The number of aryl methyl sites for hydroxylation is 2. The van der Waals surface area contributed by atoms with Crippen molar-refractivity contribution in [1.29, 1.82) is 0 Å². The minimum absolute atomic E-state index is 0.812. The second kappa shape index (κ2) is 3.81. The number of pyridine rings is 1. The van der Waals surface area contributed by atoms with E-state index < -0.39 is 0 Å². The van der Waals surface area contributed by atoms with E-state index in [4.69, 9.17) is 5.73 Å². The van der Waals surface area contributed by atoms with Gasteiger partial charge in [0.25, 0.3) is 0 Å². The molecule has 0 saturated carbocycles. The first-order valence-corrected chi connectivity index (χ1v) is 5.77. The van der Waals surface area contributed by atoms with Crippen LogP contribution < -0.4 is 5.73 Å². The molecule has 0 aliphatic rings. The fraction of sp³-hybridized carbons (Fsp3) is 0.250. The maximum Gasteiger partial charge on any atom is 0.0766 e. The lowest BCUT2D eigenvalue weighted by molar-refractivity contribution is 1.05. The molecule has 0 saturated heterocycles. The highest BCUT2D eigenvalue weighted by Gasteiger charge is 2.06. The van der Waals surface area contributed by atoms with Crippen LogP contribution in [0.2, 0.25) is 0 Å². The predicted molar refractivity (Wildman–Crippen MR) is 68.0 cm³/mol. The van der Waals surface area contributed by atoms with Crippen LogP contribution in [0.4, 0.5) is 5.69 Å². The molecule has 0 radical (unpaired) electrons. The van der Waals surface area contributed by atoms with Crippen LogP contribution in [-0.4, -0.2) is 4.98 Å². The Morgan fingerprint density at radius 2 is 2.13 bits per heavy atom. The van der Waals surface area contributed by atoms with Gasteiger partial charge in [0.2, 0.25) is 0 Å². The van der Waals surface area contributed by atoms with Crippen molar-refractivity contribution in [3.8, 4) is 0 Å². The van der Waals surface area contributed by atoms with Gasteiger partial charge >= 0.3 is 0 Å². The Kier molecular flexibility index (Phi) is 2.65. The molecule has 0 aliphatic carbocycles. The van der Waals surface area contributed by atoms with Crippen molar-refractivity contribution in [2.24, 2.45) is 0 Å². The Morgan fingerprint density at radius 3 is 2.80 bits per heavy atom. The molecular weight excluding hydrogens is 252 g/mol. The maximum absolute atomic E-state index is 6.00. The third kappa shape index (κ3) is 1.72. The van der Waals surface area contributed by atoms with Crippen LogP contribution in [0.3, 0.4) is 0 Å². The average molecular weight is 265 g/mol. The lowest BCUT2D eigenvalue weighted by Gasteiger charge is -2.08. The van der Waals surface area contributed by atoms with E-state index >= 15 is 0 Å². The molecule has 78 valence electrons. The number of anilines is 1. The summed E-state index contributed by atoms with van der Waals surface area (Å²) in [6.45, 7) is 4.14. The number of hydrogen-bond donors (Lipinski definition) is 1. The van der Waals surface area contributed by atoms with E-state index in [9.17, 15) is 0 Å². The van der Waals surface area contributed by atoms with Crippen molar-refractivity contribution >= 4 is 32.5 Å². The maximum atomic E-state index is 6.00. The van der Waals surface area contributed by atoms with Gasteiger partial charge in [-0.25, -0.2) is 0 Å². The topological polar surface area (TPSA) is 38.9 Å². The Hall–Kier alpha value is -1.09. The van der Waals surface area contributed by atoms with Gasteiger partial charge < -0.3 is 5.73 Å². The van der Waals surface area contributed by atoms with Crippen LogP contribution in [-0.2, 0) is 6.42 Å². The van der Waals surface area contributed by atoms with E-state index in [0.717, 1.165) is 38.7 Å². The van der Waals surface area contributed by atoms with E-state index in [1.165, 1.54) is 0 Å². The molecule has 0 fully saturated rings. The highest BCUT2D eigenvalue weighted by Crippen LogP contribution is 2.28. The van der Waals surface area contributed by atoms with Gasteiger partial charge in [-0.3, -0.25) is 4.98 Å². The number of rotatable bonds is 1. The first-order chi connectivity index (χ1) is 7.13. The van der Waals surface area contributed by atoms with Crippen LogP contribution in [0, 0.1) is 6.92 Å². The second-order valence-corrected chi connectivity index (χ2v) is 4.48. The van der Waals surface area contributed by atoms with Gasteiger partial charge in [0.15, 0.2) is 0 Å². The molecule has 2 nitrogen and oxygen atoms in total. The van der Waals surface area contributed by atoms with Gasteiger partial charge in [-0.15, -0.1) is 0 Å². The number of benzene rings is 1. The molecule has 0 atom stereocenters. The smallest absolute Gasteiger partial charge is 0.0766 e. The summed E-state index contributed by atoms with van der Waals surface area (Å²) in [6, 6.07) is 5.98. The predicted octanol–water partition coefficient (Wildman–Crippen LogP) is 3.45. The average Bonchev–Trinajstić information content (AvgIpc) is 2.23. The van der Waals surface area contributed by atoms with Gasteiger partial charge in [0.1, 0.15) is 0 Å². The molecule has 2 rings (SSSR count). The summed E-state index contributed by atoms with van der Waals surface area (Å²) >= 11 is 3.51. The molecule has 0 unspecified atom stereocenters. The lowest BCUT2D eigenvalue weighted by atomic mass is 10.1. The Bertz CT molecular complexity index is 521. The second-order valence-electron chi connectivity index (χ2n) is 3.62. The molecule has 0 amide bonds. The number of nitrogens with two attached hydrogens (primary N) is 1. The Labute approximate surface area is 97.6 Å². The van der Waals surface area contributed by atoms with Crippen LogP contribution in [0.15, 0.2) is 22.7 Å². The molecule has 0 aliphatic heterocycles. The minimum atomic E-state index is 0.812. The standard InChI is InChI=1S/C12H13BrN2/c1-3-8-6-11(14)9-4-5-10(13)7(2)12(9)15-8/h4-6H,3H2,1-2H3,(H2,14,15). The molecular formula is C12H13BrN2. The summed E-state index contributed by atoms with van der Waals surface area (Å²) in [5, 5.41) is 1.04. The monoisotopic (exact) mass is 264 g/mol. The molecule has 1 heterocycles. The van der Waals surface area contributed by atoms with Crippen molar-refractivity contribution in [2.45, 2.75) is 20.3 Å². The van der Waals surface area contributed by atoms with Crippen LogP contribution in [0.25, 0.3) is 10.9 Å². The molecule has 2 N–H and O–H groups in total. The van der Waals surface area contributed by atoms with Gasteiger partial charge in [-0.1, -0.05) is 22.9 Å². The summed E-state index contributed by atoms with van der Waals surface area (Å²) in [4.78, 5) is 4.60. The zero-order valence-electron chi connectivity index (χ0n) is 8.84. The highest BCUT2D eigenvalue weighted by atomic mass is 79.9. The van der Waals surface area contributed by atoms with Crippen molar-refractivity contribution in [3.05, 3.63) is 33.9 Å². The zero-order valence-corrected chi connectivity index (χ0v) is 10.4. The third-order valence-corrected chi connectivity index (χ3v) is 3.47. The SMILES string of the molecule is CCc1cc(N)c2ccc(Br)c(C)c2n1. The number of nitrogens with zero attached hydrogens (tertiary/aromatic N) is 1. The van der Waals surface area contributed by atoms with E-state index in [2.05, 4.69) is 34.8 Å². The largest absolute Gasteiger partial charge is 0.398 e. The van der Waals surface area contributed by atoms with Crippen LogP contribution in [0.1, 0.15) is 18.2 Å². The van der Waals surface area contributed by atoms with Crippen molar-refractivity contribution in [3.63, 3.8) is 0 Å². The quantitative estimate of drug-likeness (QED) is 0.857. The number of fused-ring (bicyclic) bond motifs is 1. The van der Waals surface area contributed by atoms with E-state index in [1.807, 2.05) is 18.2 Å². The fourth-order valence-corrected chi connectivity index (χ4v) is 1.99. The number of nitrogen functional groups attached to an aromatic ring is 1. The summed E-state index contributed by atoms with van der Waals surface area (Å²) in [5.41, 5.74) is 10.0. The third-order valence-electron chi connectivity index (χ3n) is 2.62. The summed E-state index contributed by atoms with van der Waals surface area (Å²) in [6.07, 6.45) is 0.909. The summed E-state index contributed by atoms with van der Waals surface area (Å²) in [7, 11) is 0. The molecule has 1 aromatic carbocycles. The number of aromatic nitrogens is 1. The van der Waals surface area contributed by atoms with E-state index in [0.29, 0.717) is 0 Å². The first-order valence-electron chi connectivity index (χ1n) is 4.97. The summed E-state index contributed by atoms with van der Waals surface area (Å²) in [5.74, 6) is 0. The molecule has 1 aromatic heterocycles. The Balaban J connectivity index is 2.86. The molecule has 3 heteroatoms. The van der Waals surface area contributed by atoms with E-state index in [1.54, 1.807) is 0 Å². The number of halogens is 1. The summed E-state index contributed by atoms with van der Waals surface area (Å²) < 4.78 is 1.08. The molecule has 0 bridgehead atoms. The van der Waals surface area contributed by atoms with Gasteiger partial charge in [-0.05, 0) is 37.1 Å². The zero-order chi connectivity index (χ0) is 11.0. The van der Waals surface area contributed by atoms with Gasteiger partial charge in [0, 0.05) is 21.2 Å². The molecule has 0 spiro atoms. The van der Waals surface area contributed by atoms with Crippen molar-refractivity contribution < 1.29 is 0 Å². The van der Waals surface area contributed by atoms with E-state index in [-0.39, 0.29) is 0 Å². The van der Waals surface area contributed by atoms with Crippen LogP contribution in [0.5, 0.6) is 0 Å². The minimum Gasteiger partial charge on any atom is -0.398 e. The van der Waals surface area contributed by atoms with Crippen LogP contribution >= 0.6 is 15.9 Å². The Morgan fingerprint density at radius 1 is 1.40 bits per heavy atom. The molecule has 15 heavy (non-hydrogen) atoms. The van der Waals surface area contributed by atoms with Gasteiger partial charge in [0.05, 0.1) is 5.52 Å². The number of hydrogen-bond acceptors (Lipinski definition) is 2. The van der Waals surface area contributed by atoms with Crippen molar-refractivity contribution in [1.82, 2.24) is 4.98 Å². The highest BCUT2D eigenvalue weighted by molar-refractivity contribution is 9.10. The van der Waals surface area contributed by atoms with Crippen molar-refractivity contribution in [2.75, 3.05) is 5.73 Å². The fourth-order valence-electron chi connectivity index (χ4n) is 1.67. The lowest BCUT2D eigenvalue weighted by Crippen LogP contribution is -1.96. The normalized spacial score (nSPS) is 10.9. The molecule has 2 aromatic rings. The van der Waals surface area contributed by atoms with Gasteiger partial charge in [-0.2, -0.15) is 0 Å².